The second-order valence-electron chi connectivity index (χ2n) is 5.77. The number of carbonyl (C=O) groups excluding carboxylic acids is 1. The molecule has 0 aliphatic heterocycles. The van der Waals surface area contributed by atoms with Gasteiger partial charge in [0.1, 0.15) is 18.0 Å². The highest BCUT2D eigenvalue weighted by atomic mass is 35.5. The van der Waals surface area contributed by atoms with Crippen LogP contribution in [0.1, 0.15) is 22.3 Å². The Labute approximate surface area is 144 Å². The van der Waals surface area contributed by atoms with E-state index in [9.17, 15) is 9.18 Å². The molecule has 0 aliphatic carbocycles. The highest BCUT2D eigenvalue weighted by molar-refractivity contribution is 6.31. The third-order valence-corrected chi connectivity index (χ3v) is 4.36. The lowest BCUT2D eigenvalue weighted by Crippen LogP contribution is -2.08. The topological polar surface area (TPSA) is 39.4 Å². The van der Waals surface area contributed by atoms with Gasteiger partial charge in [0.05, 0.1) is 17.7 Å². The smallest absolute Gasteiger partial charge is 0.310 e. The molecule has 0 saturated heterocycles. The largest absolute Gasteiger partial charge is 0.464 e. The molecule has 3 nitrogen and oxygen atoms in total. The lowest BCUT2D eigenvalue weighted by atomic mass is 10.0. The van der Waals surface area contributed by atoms with Gasteiger partial charge in [0.2, 0.25) is 0 Å². The summed E-state index contributed by atoms with van der Waals surface area (Å²) < 4.78 is 23.8. The van der Waals surface area contributed by atoms with E-state index in [-0.39, 0.29) is 18.1 Å². The number of benzene rings is 2. The van der Waals surface area contributed by atoms with Crippen LogP contribution < -0.4 is 0 Å². The van der Waals surface area contributed by atoms with Crippen LogP contribution in [0.5, 0.6) is 0 Å². The molecule has 0 fully saturated rings. The van der Waals surface area contributed by atoms with Gasteiger partial charge in [0.25, 0.3) is 0 Å². The maximum absolute atomic E-state index is 13.0. The van der Waals surface area contributed by atoms with Crippen LogP contribution in [0.25, 0.3) is 11.0 Å². The molecule has 124 valence electrons. The number of hydrogen-bond acceptors (Lipinski definition) is 3. The summed E-state index contributed by atoms with van der Waals surface area (Å²) in [5.41, 5.74) is 4.37. The van der Waals surface area contributed by atoms with Crippen LogP contribution in [0.4, 0.5) is 4.39 Å². The van der Waals surface area contributed by atoms with E-state index in [4.69, 9.17) is 20.8 Å². The van der Waals surface area contributed by atoms with Crippen LogP contribution >= 0.6 is 11.6 Å². The fraction of sp³-hybridized carbons (Fsp3) is 0.211. The fourth-order valence-corrected chi connectivity index (χ4v) is 2.70. The molecule has 0 spiro atoms. The predicted octanol–water partition coefficient (Wildman–Crippen LogP) is 5.13. The van der Waals surface area contributed by atoms with Gasteiger partial charge in [-0.2, -0.15) is 0 Å². The van der Waals surface area contributed by atoms with Gasteiger partial charge >= 0.3 is 5.97 Å². The zero-order valence-electron chi connectivity index (χ0n) is 13.4. The van der Waals surface area contributed by atoms with Crippen molar-refractivity contribution < 1.29 is 18.3 Å². The molecule has 0 saturated carbocycles. The normalized spacial score (nSPS) is 11.0. The van der Waals surface area contributed by atoms with Crippen molar-refractivity contribution >= 4 is 28.5 Å². The van der Waals surface area contributed by atoms with Crippen molar-refractivity contribution in [1.82, 2.24) is 0 Å². The summed E-state index contributed by atoms with van der Waals surface area (Å²) in [7, 11) is 0. The van der Waals surface area contributed by atoms with E-state index in [0.29, 0.717) is 5.56 Å². The summed E-state index contributed by atoms with van der Waals surface area (Å²) in [4.78, 5) is 12.1. The summed E-state index contributed by atoms with van der Waals surface area (Å²) in [5, 5.41) is 1.15. The van der Waals surface area contributed by atoms with Crippen LogP contribution in [0.2, 0.25) is 5.02 Å². The monoisotopic (exact) mass is 346 g/mol. The number of rotatable bonds is 4. The second kappa shape index (κ2) is 6.65. The van der Waals surface area contributed by atoms with E-state index in [1.807, 2.05) is 26.0 Å². The van der Waals surface area contributed by atoms with E-state index >= 15 is 0 Å². The molecule has 0 N–H and O–H groups in total. The fourth-order valence-electron chi connectivity index (χ4n) is 2.48. The van der Waals surface area contributed by atoms with Crippen molar-refractivity contribution in [3.63, 3.8) is 0 Å². The maximum atomic E-state index is 13.0. The number of fused-ring (bicyclic) bond motifs is 1. The van der Waals surface area contributed by atoms with Crippen LogP contribution in [0.3, 0.4) is 0 Å². The first-order chi connectivity index (χ1) is 11.4. The summed E-state index contributed by atoms with van der Waals surface area (Å²) >= 11 is 5.92. The first-order valence-electron chi connectivity index (χ1n) is 7.51. The van der Waals surface area contributed by atoms with Crippen molar-refractivity contribution in [3.05, 3.63) is 69.7 Å². The third kappa shape index (κ3) is 3.44. The molecule has 0 bridgehead atoms. The molecule has 1 heterocycles. The van der Waals surface area contributed by atoms with Crippen molar-refractivity contribution in [2.75, 3.05) is 0 Å². The Balaban J connectivity index is 1.70. The second-order valence-corrected chi connectivity index (χ2v) is 6.17. The van der Waals surface area contributed by atoms with Gasteiger partial charge in [-0.25, -0.2) is 4.39 Å². The Morgan fingerprint density at radius 3 is 2.67 bits per heavy atom. The zero-order valence-corrected chi connectivity index (χ0v) is 14.1. The summed E-state index contributed by atoms with van der Waals surface area (Å²) in [6, 6.07) is 7.94. The minimum Gasteiger partial charge on any atom is -0.464 e. The summed E-state index contributed by atoms with van der Waals surface area (Å²) in [6.07, 6.45) is 1.68. The van der Waals surface area contributed by atoms with Gasteiger partial charge in [0.15, 0.2) is 0 Å². The number of esters is 1. The number of aryl methyl sites for hydroxylation is 2. The van der Waals surface area contributed by atoms with Gasteiger partial charge < -0.3 is 9.15 Å². The molecule has 3 aromatic rings. The molecular weight excluding hydrogens is 331 g/mol. The molecule has 1 aromatic heterocycles. The number of hydrogen-bond donors (Lipinski definition) is 0. The number of furan rings is 1. The number of ether oxygens (including phenoxy) is 1. The predicted molar refractivity (Wildman–Crippen MR) is 90.6 cm³/mol. The average molecular weight is 347 g/mol. The highest BCUT2D eigenvalue weighted by Gasteiger charge is 2.13. The molecule has 0 radical (unpaired) electrons. The van der Waals surface area contributed by atoms with Gasteiger partial charge in [-0.15, -0.1) is 0 Å². The van der Waals surface area contributed by atoms with Crippen LogP contribution in [0.15, 0.2) is 41.0 Å². The number of halogens is 2. The first kappa shape index (κ1) is 16.5. The maximum Gasteiger partial charge on any atom is 0.310 e. The molecule has 3 rings (SSSR count). The minimum atomic E-state index is -0.425. The minimum absolute atomic E-state index is 0.00582. The van der Waals surface area contributed by atoms with Gasteiger partial charge in [-0.05, 0) is 49.2 Å². The van der Waals surface area contributed by atoms with Crippen LogP contribution in [0, 0.1) is 19.7 Å². The Morgan fingerprint density at radius 2 is 1.92 bits per heavy atom. The van der Waals surface area contributed by atoms with Gasteiger partial charge in [-0.3, -0.25) is 4.79 Å². The van der Waals surface area contributed by atoms with E-state index in [1.165, 1.54) is 18.2 Å². The lowest BCUT2D eigenvalue weighted by molar-refractivity contribution is -0.144. The van der Waals surface area contributed by atoms with Crippen molar-refractivity contribution in [2.45, 2.75) is 26.9 Å². The lowest BCUT2D eigenvalue weighted by Gasteiger charge is -2.06. The van der Waals surface area contributed by atoms with E-state index < -0.39 is 11.8 Å². The Morgan fingerprint density at radius 1 is 1.17 bits per heavy atom. The zero-order chi connectivity index (χ0) is 17.3. The quantitative estimate of drug-likeness (QED) is 0.615. The van der Waals surface area contributed by atoms with Crippen molar-refractivity contribution in [3.8, 4) is 0 Å². The van der Waals surface area contributed by atoms with E-state index in [1.54, 1.807) is 6.26 Å². The Hall–Kier alpha value is -2.33. The molecule has 0 amide bonds. The van der Waals surface area contributed by atoms with Crippen LogP contribution in [-0.4, -0.2) is 5.97 Å². The molecule has 2 aromatic carbocycles. The SMILES string of the molecule is Cc1cc2occ(CC(=O)OCc3ccc(F)cc3Cl)c2cc1C. The Bertz CT molecular complexity index is 914. The molecule has 24 heavy (non-hydrogen) atoms. The van der Waals surface area contributed by atoms with E-state index in [2.05, 4.69) is 0 Å². The standard InChI is InChI=1S/C19H16ClFO3/c1-11-5-16-14(10-23-18(16)6-12(11)2)7-19(22)24-9-13-3-4-15(21)8-17(13)20/h3-6,8,10H,7,9H2,1-2H3. The molecule has 5 heteroatoms. The highest BCUT2D eigenvalue weighted by Crippen LogP contribution is 2.25. The summed E-state index contributed by atoms with van der Waals surface area (Å²) in [5.74, 6) is -0.818. The molecule has 0 unspecified atom stereocenters. The third-order valence-electron chi connectivity index (χ3n) is 4.01. The Kier molecular flexibility index (Phi) is 4.58. The van der Waals surface area contributed by atoms with Crippen LogP contribution in [-0.2, 0) is 22.6 Å². The molecule has 0 aliphatic rings. The van der Waals surface area contributed by atoms with Crippen molar-refractivity contribution in [1.29, 1.82) is 0 Å². The van der Waals surface area contributed by atoms with Crippen molar-refractivity contribution in [2.24, 2.45) is 0 Å². The number of carbonyl (C=O) groups is 1. The molecule has 0 atom stereocenters. The summed E-state index contributed by atoms with van der Waals surface area (Å²) in [6.45, 7) is 4.03. The van der Waals surface area contributed by atoms with Gasteiger partial charge in [0, 0.05) is 16.5 Å². The average Bonchev–Trinajstić information content (AvgIpc) is 2.89. The van der Waals surface area contributed by atoms with Gasteiger partial charge in [-0.1, -0.05) is 17.7 Å². The van der Waals surface area contributed by atoms with E-state index in [0.717, 1.165) is 27.7 Å². The molecular formula is C19H16ClFO3. The first-order valence-corrected chi connectivity index (χ1v) is 7.88.